The molecule has 1 aromatic carbocycles. The highest BCUT2D eigenvalue weighted by atomic mass is 19.1. The number of ether oxygens (including phenoxy) is 3. The van der Waals surface area contributed by atoms with Crippen molar-refractivity contribution < 1.29 is 28.2 Å². The van der Waals surface area contributed by atoms with Crippen LogP contribution in [0.25, 0.3) is 22.3 Å². The zero-order valence-electron chi connectivity index (χ0n) is 22.4. The summed E-state index contributed by atoms with van der Waals surface area (Å²) in [6, 6.07) is 7.94. The molecule has 2 amide bonds. The molecule has 0 aliphatic carbocycles. The Labute approximate surface area is 225 Å². The third-order valence-corrected chi connectivity index (χ3v) is 6.06. The first-order chi connectivity index (χ1) is 18.6. The number of hydrogen-bond acceptors (Lipinski definition) is 9. The van der Waals surface area contributed by atoms with Crippen LogP contribution in [0.15, 0.2) is 36.7 Å². The van der Waals surface area contributed by atoms with Crippen molar-refractivity contribution in [3.63, 3.8) is 0 Å². The van der Waals surface area contributed by atoms with Crippen LogP contribution in [0.4, 0.5) is 15.0 Å². The molecule has 11 nitrogen and oxygen atoms in total. The van der Waals surface area contributed by atoms with Gasteiger partial charge < -0.3 is 30.2 Å². The maximum absolute atomic E-state index is 15.0. The summed E-state index contributed by atoms with van der Waals surface area (Å²) in [6.45, 7) is 6.49. The van der Waals surface area contributed by atoms with Crippen LogP contribution < -0.4 is 15.8 Å². The van der Waals surface area contributed by atoms with Gasteiger partial charge in [0.1, 0.15) is 41.5 Å². The molecule has 0 bridgehead atoms. The number of nitrogens with one attached hydrogen (secondary N) is 1. The molecule has 4 rings (SSSR count). The number of likely N-dealkylation sites (tertiary alicyclic amines) is 1. The van der Waals surface area contributed by atoms with Gasteiger partial charge in [0.05, 0.1) is 23.9 Å². The number of alkyl halides is 1. The summed E-state index contributed by atoms with van der Waals surface area (Å²) < 4.78 is 31.1. The predicted molar refractivity (Wildman–Crippen MR) is 143 cm³/mol. The fourth-order valence-electron chi connectivity index (χ4n) is 4.17. The standard InChI is InChI=1S/C27H33FN6O5/c1-27(2,3)39-26(36)34-10-9-19(28)21(14-34)33-25-23-22(30-15-31-25)18(24(29)35)13-20(32-23)16-5-7-17(8-6-16)38-12-11-37-4/h5-8,13,15,19,21H,9-12,14H2,1-4H3,(H2,29,35)(H,30,31,33)/t19?,21-/m1/s1. The second-order valence-corrected chi connectivity index (χ2v) is 10.2. The first-order valence-corrected chi connectivity index (χ1v) is 12.6. The van der Waals surface area contributed by atoms with Gasteiger partial charge in [-0.25, -0.2) is 24.1 Å². The predicted octanol–water partition coefficient (Wildman–Crippen LogP) is 3.58. The molecule has 1 fully saturated rings. The molecule has 3 N–H and O–H groups in total. The van der Waals surface area contributed by atoms with Crippen LogP contribution in [0, 0.1) is 0 Å². The fourth-order valence-corrected chi connectivity index (χ4v) is 4.17. The Balaban J connectivity index is 1.65. The Hall–Kier alpha value is -4.06. The van der Waals surface area contributed by atoms with Crippen molar-refractivity contribution in [2.24, 2.45) is 5.73 Å². The SMILES string of the molecule is COCCOc1ccc(-c2cc(C(N)=O)c3ncnc(N[C@@H]4CN(C(=O)OC(C)(C)C)CCC4F)c3n2)cc1. The molecule has 39 heavy (non-hydrogen) atoms. The van der Waals surface area contributed by atoms with Gasteiger partial charge in [0.15, 0.2) is 5.82 Å². The van der Waals surface area contributed by atoms with Gasteiger partial charge in [-0.1, -0.05) is 0 Å². The van der Waals surface area contributed by atoms with E-state index in [1.54, 1.807) is 58.2 Å². The van der Waals surface area contributed by atoms with E-state index in [2.05, 4.69) is 15.3 Å². The Morgan fingerprint density at radius 2 is 1.90 bits per heavy atom. The van der Waals surface area contributed by atoms with Crippen LogP contribution in [0.1, 0.15) is 37.6 Å². The number of anilines is 1. The number of aromatic nitrogens is 3. The number of nitrogens with two attached hydrogens (primary N) is 1. The molecule has 0 saturated carbocycles. The molecule has 0 spiro atoms. The number of hydrogen-bond donors (Lipinski definition) is 2. The van der Waals surface area contributed by atoms with E-state index in [4.69, 9.17) is 24.9 Å². The molecule has 2 atom stereocenters. The van der Waals surface area contributed by atoms with Gasteiger partial charge in [0.25, 0.3) is 5.91 Å². The molecular formula is C27H33FN6O5. The highest BCUT2D eigenvalue weighted by Gasteiger charge is 2.34. The summed E-state index contributed by atoms with van der Waals surface area (Å²) in [5, 5.41) is 3.08. The second-order valence-electron chi connectivity index (χ2n) is 10.2. The average molecular weight is 541 g/mol. The fraction of sp³-hybridized carbons (Fsp3) is 0.444. The monoisotopic (exact) mass is 540 g/mol. The number of rotatable bonds is 8. The molecule has 12 heteroatoms. The minimum Gasteiger partial charge on any atom is -0.491 e. The van der Waals surface area contributed by atoms with Crippen LogP contribution in [0.5, 0.6) is 5.75 Å². The Morgan fingerprint density at radius 3 is 2.56 bits per heavy atom. The lowest BCUT2D eigenvalue weighted by molar-refractivity contribution is 0.0150. The zero-order chi connectivity index (χ0) is 28.2. The third kappa shape index (κ3) is 6.88. The smallest absolute Gasteiger partial charge is 0.410 e. The maximum atomic E-state index is 15.0. The minimum absolute atomic E-state index is 0.0640. The van der Waals surface area contributed by atoms with E-state index < -0.39 is 29.8 Å². The summed E-state index contributed by atoms with van der Waals surface area (Å²) in [7, 11) is 1.60. The van der Waals surface area contributed by atoms with Crippen molar-refractivity contribution in [1.29, 1.82) is 0 Å². The van der Waals surface area contributed by atoms with Gasteiger partial charge in [-0.15, -0.1) is 0 Å². The zero-order valence-corrected chi connectivity index (χ0v) is 22.4. The van der Waals surface area contributed by atoms with Crippen molar-refractivity contribution >= 4 is 28.9 Å². The number of halogens is 1. The second kappa shape index (κ2) is 11.8. The van der Waals surface area contributed by atoms with Crippen molar-refractivity contribution in [1.82, 2.24) is 19.9 Å². The lowest BCUT2D eigenvalue weighted by Gasteiger charge is -2.36. The number of piperidine rings is 1. The highest BCUT2D eigenvalue weighted by molar-refractivity contribution is 6.06. The van der Waals surface area contributed by atoms with Gasteiger partial charge in [-0.3, -0.25) is 4.79 Å². The first kappa shape index (κ1) is 28.0. The summed E-state index contributed by atoms with van der Waals surface area (Å²) in [5.74, 6) is 0.186. The Kier molecular flexibility index (Phi) is 8.44. The first-order valence-electron chi connectivity index (χ1n) is 12.6. The molecule has 1 aliphatic heterocycles. The quantitative estimate of drug-likeness (QED) is 0.410. The number of benzene rings is 1. The van der Waals surface area contributed by atoms with E-state index in [9.17, 15) is 9.59 Å². The number of fused-ring (bicyclic) bond motifs is 1. The van der Waals surface area contributed by atoms with Crippen LogP contribution in [-0.2, 0) is 9.47 Å². The van der Waals surface area contributed by atoms with Crippen molar-refractivity contribution in [3.05, 3.63) is 42.2 Å². The van der Waals surface area contributed by atoms with Gasteiger partial charge in [-0.05, 0) is 57.5 Å². The number of carbonyl (C=O) groups excluding carboxylic acids is 2. The van der Waals surface area contributed by atoms with Crippen LogP contribution in [0.2, 0.25) is 0 Å². The largest absolute Gasteiger partial charge is 0.491 e. The summed E-state index contributed by atoms with van der Waals surface area (Å²) in [5.41, 5.74) is 6.80. The molecule has 0 radical (unpaired) electrons. The number of primary amides is 1. The highest BCUT2D eigenvalue weighted by Crippen LogP contribution is 2.29. The summed E-state index contributed by atoms with van der Waals surface area (Å²) >= 11 is 0. The molecule has 208 valence electrons. The number of carbonyl (C=O) groups is 2. The molecular weight excluding hydrogens is 507 g/mol. The average Bonchev–Trinajstić information content (AvgIpc) is 2.89. The normalized spacial score (nSPS) is 17.6. The number of nitrogens with zero attached hydrogens (tertiary/aromatic N) is 4. The van der Waals surface area contributed by atoms with E-state index in [1.165, 1.54) is 11.2 Å². The van der Waals surface area contributed by atoms with Crippen LogP contribution in [0.3, 0.4) is 0 Å². The number of pyridine rings is 1. The van der Waals surface area contributed by atoms with Crippen molar-refractivity contribution in [3.8, 4) is 17.0 Å². The lowest BCUT2D eigenvalue weighted by atomic mass is 10.0. The van der Waals surface area contributed by atoms with Gasteiger partial charge in [-0.2, -0.15) is 0 Å². The summed E-state index contributed by atoms with van der Waals surface area (Å²) in [6.07, 6.45) is -0.381. The molecule has 3 heterocycles. The molecule has 1 aliphatic rings. The topological polar surface area (TPSA) is 142 Å². The Morgan fingerprint density at radius 1 is 1.15 bits per heavy atom. The van der Waals surface area contributed by atoms with E-state index in [1.807, 2.05) is 0 Å². The van der Waals surface area contributed by atoms with Crippen LogP contribution >= 0.6 is 0 Å². The molecule has 2 aromatic heterocycles. The summed E-state index contributed by atoms with van der Waals surface area (Å²) in [4.78, 5) is 39.6. The van der Waals surface area contributed by atoms with Gasteiger partial charge in [0, 0.05) is 25.8 Å². The maximum Gasteiger partial charge on any atom is 0.410 e. The van der Waals surface area contributed by atoms with E-state index >= 15 is 4.39 Å². The minimum atomic E-state index is -1.25. The molecule has 1 unspecified atom stereocenters. The van der Waals surface area contributed by atoms with Gasteiger partial charge in [0.2, 0.25) is 0 Å². The van der Waals surface area contributed by atoms with E-state index in [0.717, 1.165) is 0 Å². The Bertz CT molecular complexity index is 1330. The lowest BCUT2D eigenvalue weighted by Crippen LogP contribution is -2.52. The van der Waals surface area contributed by atoms with Crippen molar-refractivity contribution in [2.75, 3.05) is 38.7 Å². The molecule has 1 saturated heterocycles. The van der Waals surface area contributed by atoms with Crippen LogP contribution in [-0.4, -0.2) is 83.1 Å². The van der Waals surface area contributed by atoms with Gasteiger partial charge >= 0.3 is 6.09 Å². The third-order valence-electron chi connectivity index (χ3n) is 6.06. The van der Waals surface area contributed by atoms with E-state index in [0.29, 0.717) is 30.2 Å². The number of amides is 2. The number of methoxy groups -OCH3 is 1. The van der Waals surface area contributed by atoms with Crippen molar-refractivity contribution in [2.45, 2.75) is 45.0 Å². The molecule has 3 aromatic rings. The van der Waals surface area contributed by atoms with E-state index in [-0.39, 0.29) is 41.9 Å².